The number of hydrogen-bond donors (Lipinski definition) is 2. The van der Waals surface area contributed by atoms with Crippen molar-refractivity contribution < 1.29 is 14.2 Å². The molecule has 0 spiro atoms. The highest BCUT2D eigenvalue weighted by Crippen LogP contribution is 2.13. The van der Waals surface area contributed by atoms with E-state index in [0.29, 0.717) is 6.54 Å². The molecular weight excluding hydrogens is 269 g/mol. The van der Waals surface area contributed by atoms with Crippen LogP contribution in [0.5, 0.6) is 5.75 Å². The molecule has 2 unspecified atom stereocenters. The van der Waals surface area contributed by atoms with Crippen LogP contribution in [0.25, 0.3) is 0 Å². The fraction of sp³-hybridized carbons (Fsp3) is 0.294. The molecule has 0 fully saturated rings. The number of halogens is 1. The molecule has 112 valence electrons. The number of aliphatic hydroxyl groups excluding tert-OH is 1. The summed E-state index contributed by atoms with van der Waals surface area (Å²) in [4.78, 5) is 0. The summed E-state index contributed by atoms with van der Waals surface area (Å²) in [5, 5.41) is 13.1. The summed E-state index contributed by atoms with van der Waals surface area (Å²) in [7, 11) is 0. The zero-order valence-corrected chi connectivity index (χ0v) is 12.0. The molecule has 21 heavy (non-hydrogen) atoms. The van der Waals surface area contributed by atoms with Crippen LogP contribution in [0.1, 0.15) is 18.5 Å². The highest BCUT2D eigenvalue weighted by atomic mass is 19.1. The zero-order valence-electron chi connectivity index (χ0n) is 12.0. The largest absolute Gasteiger partial charge is 0.491 e. The summed E-state index contributed by atoms with van der Waals surface area (Å²) >= 11 is 0. The second-order valence-electron chi connectivity index (χ2n) is 4.96. The molecule has 0 saturated carbocycles. The fourth-order valence-electron chi connectivity index (χ4n) is 1.95. The molecule has 2 aromatic rings. The number of hydrogen-bond acceptors (Lipinski definition) is 3. The van der Waals surface area contributed by atoms with Gasteiger partial charge in [-0.25, -0.2) is 4.39 Å². The van der Waals surface area contributed by atoms with E-state index in [1.807, 2.05) is 37.3 Å². The van der Waals surface area contributed by atoms with E-state index in [4.69, 9.17) is 4.74 Å². The highest BCUT2D eigenvalue weighted by molar-refractivity contribution is 5.21. The van der Waals surface area contributed by atoms with E-state index in [9.17, 15) is 9.50 Å². The number of nitrogens with one attached hydrogen (secondary N) is 1. The molecule has 0 radical (unpaired) electrons. The second-order valence-corrected chi connectivity index (χ2v) is 4.96. The van der Waals surface area contributed by atoms with Crippen molar-refractivity contribution in [3.8, 4) is 5.75 Å². The lowest BCUT2D eigenvalue weighted by atomic mass is 10.1. The number of para-hydroxylation sites is 1. The van der Waals surface area contributed by atoms with Crippen molar-refractivity contribution in [1.82, 2.24) is 5.32 Å². The Balaban J connectivity index is 1.73. The Kier molecular flexibility index (Phi) is 5.72. The molecule has 3 nitrogen and oxygen atoms in total. The van der Waals surface area contributed by atoms with Gasteiger partial charge in [0.1, 0.15) is 24.3 Å². The van der Waals surface area contributed by atoms with E-state index in [2.05, 4.69) is 5.32 Å². The van der Waals surface area contributed by atoms with E-state index in [-0.39, 0.29) is 18.5 Å². The summed E-state index contributed by atoms with van der Waals surface area (Å²) in [5.74, 6) is 0.491. The Morgan fingerprint density at radius 3 is 2.43 bits per heavy atom. The van der Waals surface area contributed by atoms with Crippen LogP contribution in [0.2, 0.25) is 0 Å². The maximum absolute atomic E-state index is 12.8. The monoisotopic (exact) mass is 289 g/mol. The first kappa shape index (κ1) is 15.5. The summed E-state index contributed by atoms with van der Waals surface area (Å²) in [6.07, 6.45) is -0.604. The van der Waals surface area contributed by atoms with Gasteiger partial charge in [-0.3, -0.25) is 0 Å². The summed E-state index contributed by atoms with van der Waals surface area (Å²) in [6, 6.07) is 15.8. The zero-order chi connectivity index (χ0) is 15.1. The molecule has 2 aromatic carbocycles. The third kappa shape index (κ3) is 5.17. The Morgan fingerprint density at radius 2 is 1.76 bits per heavy atom. The first-order valence-corrected chi connectivity index (χ1v) is 7.00. The summed E-state index contributed by atoms with van der Waals surface area (Å²) < 4.78 is 18.3. The van der Waals surface area contributed by atoms with Crippen LogP contribution in [0.15, 0.2) is 54.6 Å². The van der Waals surface area contributed by atoms with Crippen LogP contribution in [0.3, 0.4) is 0 Å². The maximum atomic E-state index is 12.8. The Bertz CT molecular complexity index is 530. The van der Waals surface area contributed by atoms with E-state index >= 15 is 0 Å². The van der Waals surface area contributed by atoms with Gasteiger partial charge in [0, 0.05) is 12.6 Å². The third-order valence-electron chi connectivity index (χ3n) is 3.22. The molecule has 0 amide bonds. The predicted molar refractivity (Wildman–Crippen MR) is 80.8 cm³/mol. The lowest BCUT2D eigenvalue weighted by Gasteiger charge is -2.18. The molecule has 2 rings (SSSR count). The summed E-state index contributed by atoms with van der Waals surface area (Å²) in [6.45, 7) is 2.61. The number of benzene rings is 2. The van der Waals surface area contributed by atoms with Crippen molar-refractivity contribution in [2.45, 2.75) is 19.1 Å². The molecule has 0 bridgehead atoms. The average molecular weight is 289 g/mol. The maximum Gasteiger partial charge on any atom is 0.123 e. The van der Waals surface area contributed by atoms with Crippen molar-refractivity contribution in [1.29, 1.82) is 0 Å². The van der Waals surface area contributed by atoms with Crippen molar-refractivity contribution in [2.24, 2.45) is 0 Å². The minimum Gasteiger partial charge on any atom is -0.491 e. The normalized spacial score (nSPS) is 13.7. The van der Waals surface area contributed by atoms with Crippen LogP contribution in [0, 0.1) is 5.82 Å². The molecule has 2 atom stereocenters. The van der Waals surface area contributed by atoms with Gasteiger partial charge in [-0.2, -0.15) is 0 Å². The highest BCUT2D eigenvalue weighted by Gasteiger charge is 2.09. The van der Waals surface area contributed by atoms with Gasteiger partial charge in [0.15, 0.2) is 0 Å². The number of aliphatic hydroxyl groups is 1. The predicted octanol–water partition coefficient (Wildman–Crippen LogP) is 2.92. The van der Waals surface area contributed by atoms with Crippen LogP contribution in [-0.4, -0.2) is 24.4 Å². The molecule has 0 aromatic heterocycles. The van der Waals surface area contributed by atoms with Crippen molar-refractivity contribution in [2.75, 3.05) is 13.2 Å². The fourth-order valence-corrected chi connectivity index (χ4v) is 1.95. The van der Waals surface area contributed by atoms with Crippen molar-refractivity contribution in [3.63, 3.8) is 0 Å². The molecule has 0 aliphatic carbocycles. The van der Waals surface area contributed by atoms with E-state index in [1.165, 1.54) is 12.1 Å². The van der Waals surface area contributed by atoms with Crippen LogP contribution in [-0.2, 0) is 0 Å². The summed E-state index contributed by atoms with van der Waals surface area (Å²) in [5.41, 5.74) is 0.979. The molecule has 2 N–H and O–H groups in total. The minimum atomic E-state index is -0.604. The molecule has 0 heterocycles. The first-order chi connectivity index (χ1) is 10.1. The topological polar surface area (TPSA) is 41.5 Å². The van der Waals surface area contributed by atoms with Gasteiger partial charge in [-0.1, -0.05) is 30.3 Å². The Morgan fingerprint density at radius 1 is 1.10 bits per heavy atom. The number of ether oxygens (including phenoxy) is 1. The van der Waals surface area contributed by atoms with Gasteiger partial charge in [-0.05, 0) is 36.8 Å². The molecule has 0 aliphatic heterocycles. The van der Waals surface area contributed by atoms with E-state index in [0.717, 1.165) is 11.3 Å². The van der Waals surface area contributed by atoms with Crippen molar-refractivity contribution in [3.05, 3.63) is 66.0 Å². The Labute approximate surface area is 124 Å². The second kappa shape index (κ2) is 7.76. The van der Waals surface area contributed by atoms with Gasteiger partial charge < -0.3 is 15.2 Å². The van der Waals surface area contributed by atoms with Gasteiger partial charge >= 0.3 is 0 Å². The molecule has 4 heteroatoms. The first-order valence-electron chi connectivity index (χ1n) is 7.00. The van der Waals surface area contributed by atoms with Gasteiger partial charge in [0.2, 0.25) is 0 Å². The van der Waals surface area contributed by atoms with Gasteiger partial charge in [0.25, 0.3) is 0 Å². The third-order valence-corrected chi connectivity index (χ3v) is 3.22. The lowest BCUT2D eigenvalue weighted by Crippen LogP contribution is -2.33. The molecule has 0 saturated heterocycles. The van der Waals surface area contributed by atoms with Crippen LogP contribution >= 0.6 is 0 Å². The van der Waals surface area contributed by atoms with E-state index < -0.39 is 6.10 Å². The number of rotatable bonds is 7. The SMILES string of the molecule is CC(NCC(O)COc1ccccc1)c1ccc(F)cc1. The smallest absolute Gasteiger partial charge is 0.123 e. The van der Waals surface area contributed by atoms with E-state index in [1.54, 1.807) is 12.1 Å². The quantitative estimate of drug-likeness (QED) is 0.823. The lowest BCUT2D eigenvalue weighted by molar-refractivity contribution is 0.104. The van der Waals surface area contributed by atoms with Crippen LogP contribution in [0.4, 0.5) is 4.39 Å². The van der Waals surface area contributed by atoms with Crippen molar-refractivity contribution >= 4 is 0 Å². The van der Waals surface area contributed by atoms with Crippen LogP contribution < -0.4 is 10.1 Å². The van der Waals surface area contributed by atoms with Gasteiger partial charge in [-0.15, -0.1) is 0 Å². The molecule has 0 aliphatic rings. The average Bonchev–Trinajstić information content (AvgIpc) is 2.52. The standard InChI is InChI=1S/C17H20FNO2/c1-13(14-7-9-15(18)10-8-14)19-11-16(20)12-21-17-5-3-2-4-6-17/h2-10,13,16,19-20H,11-12H2,1H3. The Hall–Kier alpha value is -1.91. The molecular formula is C17H20FNO2. The minimum absolute atomic E-state index is 0.0389. The van der Waals surface area contributed by atoms with Gasteiger partial charge in [0.05, 0.1) is 0 Å².